The smallest absolute Gasteiger partial charge is 0.222 e. The van der Waals surface area contributed by atoms with Gasteiger partial charge in [-0.15, -0.1) is 0 Å². The van der Waals surface area contributed by atoms with E-state index in [9.17, 15) is 4.79 Å². The lowest BCUT2D eigenvalue weighted by Gasteiger charge is -2.38. The van der Waals surface area contributed by atoms with E-state index in [-0.39, 0.29) is 5.91 Å². The topological polar surface area (TPSA) is 23.6 Å². The van der Waals surface area contributed by atoms with Crippen LogP contribution in [0, 0.1) is 6.92 Å². The van der Waals surface area contributed by atoms with Crippen LogP contribution >= 0.6 is 0 Å². The second-order valence-corrected chi connectivity index (χ2v) is 5.89. The Morgan fingerprint density at radius 1 is 1.20 bits per heavy atom. The zero-order valence-electron chi connectivity index (χ0n) is 13.1. The van der Waals surface area contributed by atoms with Gasteiger partial charge in [-0.25, -0.2) is 0 Å². The van der Waals surface area contributed by atoms with Crippen LogP contribution in [-0.4, -0.2) is 37.0 Å². The van der Waals surface area contributed by atoms with E-state index in [0.717, 1.165) is 26.2 Å². The molecule has 1 saturated heterocycles. The van der Waals surface area contributed by atoms with Crippen LogP contribution in [0.2, 0.25) is 0 Å². The summed E-state index contributed by atoms with van der Waals surface area (Å²) in [5.41, 5.74) is 4.14. The fourth-order valence-corrected chi connectivity index (χ4v) is 2.98. The first-order valence-electron chi connectivity index (χ1n) is 7.66. The molecule has 2 rings (SSSR count). The predicted molar refractivity (Wildman–Crippen MR) is 84.4 cm³/mol. The highest BCUT2D eigenvalue weighted by molar-refractivity contribution is 5.76. The summed E-state index contributed by atoms with van der Waals surface area (Å²) < 4.78 is 0. The minimum absolute atomic E-state index is 0.276. The Balaban J connectivity index is 2.17. The SMILES string of the molecule is CCC(=O)N1CCN(c2c(C)cccc2C(C)C)CC1. The number of carbonyl (C=O) groups is 1. The van der Waals surface area contributed by atoms with Gasteiger partial charge in [0.15, 0.2) is 0 Å². The molecule has 1 aromatic rings. The molecular weight excluding hydrogens is 248 g/mol. The Labute approximate surface area is 122 Å². The molecule has 1 aromatic carbocycles. The van der Waals surface area contributed by atoms with Crippen LogP contribution in [0.15, 0.2) is 18.2 Å². The van der Waals surface area contributed by atoms with Crippen LogP contribution in [0.1, 0.15) is 44.2 Å². The first-order chi connectivity index (χ1) is 9.54. The van der Waals surface area contributed by atoms with Crippen molar-refractivity contribution in [3.05, 3.63) is 29.3 Å². The van der Waals surface area contributed by atoms with Gasteiger partial charge in [0.05, 0.1) is 0 Å². The molecule has 0 spiro atoms. The molecule has 3 heteroatoms. The van der Waals surface area contributed by atoms with Gasteiger partial charge in [-0.2, -0.15) is 0 Å². The van der Waals surface area contributed by atoms with E-state index in [1.54, 1.807) is 0 Å². The third kappa shape index (κ3) is 2.97. The minimum Gasteiger partial charge on any atom is -0.368 e. The van der Waals surface area contributed by atoms with E-state index >= 15 is 0 Å². The predicted octanol–water partition coefficient (Wildman–Crippen LogP) is 3.18. The summed E-state index contributed by atoms with van der Waals surface area (Å²) in [7, 11) is 0. The molecule has 1 amide bonds. The summed E-state index contributed by atoms with van der Waals surface area (Å²) >= 11 is 0. The second-order valence-electron chi connectivity index (χ2n) is 5.89. The third-order valence-corrected chi connectivity index (χ3v) is 4.14. The van der Waals surface area contributed by atoms with Gasteiger partial charge in [-0.05, 0) is 24.0 Å². The molecule has 0 aliphatic carbocycles. The molecule has 110 valence electrons. The van der Waals surface area contributed by atoms with E-state index in [0.29, 0.717) is 12.3 Å². The van der Waals surface area contributed by atoms with Crippen molar-refractivity contribution >= 4 is 11.6 Å². The first-order valence-corrected chi connectivity index (χ1v) is 7.66. The standard InChI is InChI=1S/C17H26N2O/c1-5-16(20)18-9-11-19(12-10-18)17-14(4)7-6-8-15(17)13(2)3/h6-8,13H,5,9-12H2,1-4H3. The molecule has 1 aliphatic heterocycles. The summed E-state index contributed by atoms with van der Waals surface area (Å²) in [4.78, 5) is 16.2. The normalized spacial score (nSPS) is 15.8. The van der Waals surface area contributed by atoms with Crippen LogP contribution in [-0.2, 0) is 4.79 Å². The zero-order chi connectivity index (χ0) is 14.7. The molecule has 0 unspecified atom stereocenters. The van der Waals surface area contributed by atoms with Crippen molar-refractivity contribution in [3.63, 3.8) is 0 Å². The minimum atomic E-state index is 0.276. The van der Waals surface area contributed by atoms with Crippen molar-refractivity contribution in [1.29, 1.82) is 0 Å². The quantitative estimate of drug-likeness (QED) is 0.845. The Morgan fingerprint density at radius 2 is 1.85 bits per heavy atom. The van der Waals surface area contributed by atoms with Crippen molar-refractivity contribution in [2.75, 3.05) is 31.1 Å². The molecule has 1 aliphatic rings. The molecule has 1 heterocycles. The molecular formula is C17H26N2O. The zero-order valence-corrected chi connectivity index (χ0v) is 13.1. The number of anilines is 1. The Bertz CT molecular complexity index is 474. The van der Waals surface area contributed by atoms with Crippen LogP contribution in [0.25, 0.3) is 0 Å². The summed E-state index contributed by atoms with van der Waals surface area (Å²) in [6.45, 7) is 12.2. The van der Waals surface area contributed by atoms with Crippen LogP contribution in [0.3, 0.4) is 0 Å². The number of piperazine rings is 1. The number of para-hydroxylation sites is 1. The first kappa shape index (κ1) is 14.9. The van der Waals surface area contributed by atoms with Gasteiger partial charge in [-0.3, -0.25) is 4.79 Å². The average molecular weight is 274 g/mol. The van der Waals surface area contributed by atoms with Crippen molar-refractivity contribution < 1.29 is 4.79 Å². The lowest BCUT2D eigenvalue weighted by Crippen LogP contribution is -2.49. The van der Waals surface area contributed by atoms with Gasteiger partial charge in [0.2, 0.25) is 5.91 Å². The fraction of sp³-hybridized carbons (Fsp3) is 0.588. The lowest BCUT2D eigenvalue weighted by molar-refractivity contribution is -0.131. The van der Waals surface area contributed by atoms with Gasteiger partial charge in [0.25, 0.3) is 0 Å². The maximum atomic E-state index is 11.8. The molecule has 0 saturated carbocycles. The van der Waals surface area contributed by atoms with Gasteiger partial charge >= 0.3 is 0 Å². The average Bonchev–Trinajstić information content (AvgIpc) is 2.46. The number of benzene rings is 1. The van der Waals surface area contributed by atoms with E-state index < -0.39 is 0 Å². The maximum Gasteiger partial charge on any atom is 0.222 e. The van der Waals surface area contributed by atoms with Crippen molar-refractivity contribution in [2.45, 2.75) is 40.0 Å². The molecule has 0 radical (unpaired) electrons. The highest BCUT2D eigenvalue weighted by Crippen LogP contribution is 2.31. The van der Waals surface area contributed by atoms with Gasteiger partial charge < -0.3 is 9.80 Å². The summed E-state index contributed by atoms with van der Waals surface area (Å²) in [5.74, 6) is 0.804. The Kier molecular flexibility index (Phi) is 4.69. The fourth-order valence-electron chi connectivity index (χ4n) is 2.98. The third-order valence-electron chi connectivity index (χ3n) is 4.14. The number of aryl methyl sites for hydroxylation is 1. The lowest BCUT2D eigenvalue weighted by atomic mass is 9.97. The van der Waals surface area contributed by atoms with E-state index in [2.05, 4.69) is 43.9 Å². The monoisotopic (exact) mass is 274 g/mol. The number of amides is 1. The van der Waals surface area contributed by atoms with Crippen molar-refractivity contribution in [3.8, 4) is 0 Å². The van der Waals surface area contributed by atoms with Gasteiger partial charge in [-0.1, -0.05) is 39.0 Å². The van der Waals surface area contributed by atoms with Gasteiger partial charge in [0, 0.05) is 38.3 Å². The molecule has 20 heavy (non-hydrogen) atoms. The Hall–Kier alpha value is -1.51. The molecule has 0 aromatic heterocycles. The largest absolute Gasteiger partial charge is 0.368 e. The molecule has 0 bridgehead atoms. The number of hydrogen-bond acceptors (Lipinski definition) is 2. The number of hydrogen-bond donors (Lipinski definition) is 0. The molecule has 0 N–H and O–H groups in total. The number of rotatable bonds is 3. The van der Waals surface area contributed by atoms with Crippen LogP contribution in [0.5, 0.6) is 0 Å². The van der Waals surface area contributed by atoms with E-state index in [1.807, 2.05) is 11.8 Å². The maximum absolute atomic E-state index is 11.8. The highest BCUT2D eigenvalue weighted by atomic mass is 16.2. The van der Waals surface area contributed by atoms with Crippen molar-refractivity contribution in [1.82, 2.24) is 4.90 Å². The molecule has 0 atom stereocenters. The summed E-state index contributed by atoms with van der Waals surface area (Å²) in [6.07, 6.45) is 0.613. The number of nitrogens with zero attached hydrogens (tertiary/aromatic N) is 2. The summed E-state index contributed by atoms with van der Waals surface area (Å²) in [5, 5.41) is 0. The van der Waals surface area contributed by atoms with Gasteiger partial charge in [0.1, 0.15) is 0 Å². The molecule has 3 nitrogen and oxygen atoms in total. The highest BCUT2D eigenvalue weighted by Gasteiger charge is 2.23. The second kappa shape index (κ2) is 6.29. The van der Waals surface area contributed by atoms with Crippen LogP contribution in [0.4, 0.5) is 5.69 Å². The van der Waals surface area contributed by atoms with Crippen LogP contribution < -0.4 is 4.90 Å². The Morgan fingerprint density at radius 3 is 2.40 bits per heavy atom. The molecule has 1 fully saturated rings. The number of carbonyl (C=O) groups excluding carboxylic acids is 1. The van der Waals surface area contributed by atoms with Crippen molar-refractivity contribution in [2.24, 2.45) is 0 Å². The van der Waals surface area contributed by atoms with E-state index in [1.165, 1.54) is 16.8 Å². The summed E-state index contributed by atoms with van der Waals surface area (Å²) in [6, 6.07) is 6.56. The van der Waals surface area contributed by atoms with E-state index in [4.69, 9.17) is 0 Å².